The number of allylic oxidation sites excluding steroid dienone is 6. The number of unbranched alkanes of at least 4 members (excludes halogenated alkanes) is 34. The second-order valence-electron chi connectivity index (χ2n) is 18.5. The van der Waals surface area contributed by atoms with Crippen molar-refractivity contribution in [2.75, 3.05) is 33.0 Å². The summed E-state index contributed by atoms with van der Waals surface area (Å²) in [5.74, 6) is -0.328. The predicted octanol–water partition coefficient (Wildman–Crippen LogP) is 17.3. The number of phosphoric acid groups is 1. The van der Waals surface area contributed by atoms with Gasteiger partial charge in [-0.1, -0.05) is 249 Å². The van der Waals surface area contributed by atoms with Crippen LogP contribution in [0.4, 0.5) is 0 Å². The van der Waals surface area contributed by atoms with Crippen molar-refractivity contribution in [3.63, 3.8) is 0 Å². The minimum Gasteiger partial charge on any atom is -0.457 e. The van der Waals surface area contributed by atoms with Crippen LogP contribution in [0.15, 0.2) is 36.5 Å². The summed E-state index contributed by atoms with van der Waals surface area (Å²) >= 11 is 0. The van der Waals surface area contributed by atoms with Gasteiger partial charge in [0.15, 0.2) is 0 Å². The summed E-state index contributed by atoms with van der Waals surface area (Å²) in [6, 6.07) is 0. The molecule has 0 aliphatic rings. The average Bonchev–Trinajstić information content (AvgIpc) is 3.29. The van der Waals surface area contributed by atoms with Crippen molar-refractivity contribution in [3.8, 4) is 0 Å². The molecule has 2 unspecified atom stereocenters. The second kappa shape index (κ2) is 52.7. The molecule has 0 rings (SSSR count). The smallest absolute Gasteiger partial charge is 0.457 e. The van der Waals surface area contributed by atoms with E-state index in [1.165, 1.54) is 199 Å². The van der Waals surface area contributed by atoms with Crippen molar-refractivity contribution in [1.82, 2.24) is 0 Å². The van der Waals surface area contributed by atoms with Gasteiger partial charge in [-0.05, 0) is 51.4 Å². The molecule has 0 aromatic rings. The van der Waals surface area contributed by atoms with E-state index in [-0.39, 0.29) is 32.3 Å². The lowest BCUT2D eigenvalue weighted by Gasteiger charge is -2.20. The number of ether oxygens (including phenoxy) is 2. The molecule has 9 heteroatoms. The van der Waals surface area contributed by atoms with Gasteiger partial charge in [0, 0.05) is 19.6 Å². The first-order valence-electron chi connectivity index (χ1n) is 27.5. The molecule has 0 fully saturated rings. The molecule has 3 N–H and O–H groups in total. The van der Waals surface area contributed by atoms with Gasteiger partial charge in [-0.2, -0.15) is 0 Å². The van der Waals surface area contributed by atoms with Crippen LogP contribution >= 0.6 is 7.82 Å². The fraction of sp³-hybridized carbons (Fsp3) is 0.873. The average molecular weight is 924 g/mol. The van der Waals surface area contributed by atoms with Crippen LogP contribution in [0, 0.1) is 0 Å². The van der Waals surface area contributed by atoms with Gasteiger partial charge < -0.3 is 20.1 Å². The Balaban J connectivity index is 3.88. The largest absolute Gasteiger partial charge is 0.472 e. The van der Waals surface area contributed by atoms with Gasteiger partial charge in [0.1, 0.15) is 6.10 Å². The fourth-order valence-electron chi connectivity index (χ4n) is 8.01. The first kappa shape index (κ1) is 62.7. The van der Waals surface area contributed by atoms with Crippen LogP contribution in [-0.2, 0) is 27.9 Å². The number of hydrogen-bond donors (Lipinski definition) is 2. The molecule has 378 valence electrons. The van der Waals surface area contributed by atoms with Crippen LogP contribution < -0.4 is 5.73 Å². The quantitative estimate of drug-likeness (QED) is 0.0268. The number of hydrogen-bond acceptors (Lipinski definition) is 7. The topological polar surface area (TPSA) is 117 Å². The van der Waals surface area contributed by atoms with E-state index in [9.17, 15) is 14.3 Å². The highest BCUT2D eigenvalue weighted by Crippen LogP contribution is 2.43. The maximum Gasteiger partial charge on any atom is 0.472 e. The lowest BCUT2D eigenvalue weighted by Crippen LogP contribution is -2.28. The Labute approximate surface area is 397 Å². The number of rotatable bonds is 53. The third-order valence-corrected chi connectivity index (χ3v) is 13.0. The van der Waals surface area contributed by atoms with E-state index in [4.69, 9.17) is 24.3 Å². The SMILES string of the molecule is CCCCC/C=C\C/C=C\C/C=C\CCCCCCCCCOCC(COP(=O)(O)OCCN)OC(=O)CCCCCCCCCCCCCCCCCCCCCCCCCCC. The molecule has 0 heterocycles. The normalized spacial score (nSPS) is 13.5. The molecule has 0 radical (unpaired) electrons. The molecule has 64 heavy (non-hydrogen) atoms. The molecule has 2 atom stereocenters. The Morgan fingerprint density at radius 2 is 0.828 bits per heavy atom. The first-order chi connectivity index (χ1) is 31.4. The molecule has 0 aromatic carbocycles. The zero-order valence-electron chi connectivity index (χ0n) is 42.3. The van der Waals surface area contributed by atoms with Gasteiger partial charge in [0.2, 0.25) is 0 Å². The highest BCUT2D eigenvalue weighted by atomic mass is 31.2. The minimum absolute atomic E-state index is 0.0963. The van der Waals surface area contributed by atoms with E-state index < -0.39 is 13.9 Å². The number of esters is 1. The molecule has 0 spiro atoms. The lowest BCUT2D eigenvalue weighted by molar-refractivity contribution is -0.154. The highest BCUT2D eigenvalue weighted by Gasteiger charge is 2.25. The van der Waals surface area contributed by atoms with Crippen molar-refractivity contribution >= 4 is 13.8 Å². The Morgan fingerprint density at radius 1 is 0.469 bits per heavy atom. The fourth-order valence-corrected chi connectivity index (χ4v) is 8.77. The summed E-state index contributed by atoms with van der Waals surface area (Å²) in [6.07, 6.45) is 63.3. The molecule has 0 amide bonds. The van der Waals surface area contributed by atoms with Crippen molar-refractivity contribution in [3.05, 3.63) is 36.5 Å². The summed E-state index contributed by atoms with van der Waals surface area (Å²) in [6.45, 7) is 4.93. The first-order valence-corrected chi connectivity index (χ1v) is 29.0. The third-order valence-electron chi connectivity index (χ3n) is 12.1. The van der Waals surface area contributed by atoms with E-state index in [1.54, 1.807) is 0 Å². The number of carbonyl (C=O) groups is 1. The molecule has 0 aromatic heterocycles. The second-order valence-corrected chi connectivity index (χ2v) is 19.9. The van der Waals surface area contributed by atoms with Gasteiger partial charge >= 0.3 is 13.8 Å². The molecule has 8 nitrogen and oxygen atoms in total. The van der Waals surface area contributed by atoms with Crippen LogP contribution in [0.5, 0.6) is 0 Å². The van der Waals surface area contributed by atoms with E-state index >= 15 is 0 Å². The van der Waals surface area contributed by atoms with Crippen LogP contribution in [0.1, 0.15) is 271 Å². The predicted molar refractivity (Wildman–Crippen MR) is 275 cm³/mol. The Kier molecular flexibility index (Phi) is 51.6. The standard InChI is InChI=1S/C55H106NO7P/c1-3-5-7-9-11-13-15-17-19-21-23-25-26-27-28-29-30-32-34-36-38-40-42-44-46-48-55(57)63-54(53-62-64(58,59)61-51-49-56)52-60-50-47-45-43-41-39-37-35-33-31-24-22-20-18-16-14-12-10-8-6-4-2/h12,14,18,20,24,31,54H,3-11,13,15-17,19,21-23,25-30,32-53,56H2,1-2H3,(H,58,59)/b14-12-,20-18-,31-24-. The summed E-state index contributed by atoms with van der Waals surface area (Å²) in [5, 5.41) is 0. The lowest BCUT2D eigenvalue weighted by atomic mass is 10.0. The van der Waals surface area contributed by atoms with Crippen LogP contribution in [0.25, 0.3) is 0 Å². The number of nitrogens with two attached hydrogens (primary N) is 1. The summed E-state index contributed by atoms with van der Waals surface area (Å²) in [4.78, 5) is 22.6. The van der Waals surface area contributed by atoms with Crippen LogP contribution in [0.2, 0.25) is 0 Å². The maximum absolute atomic E-state index is 12.7. The zero-order valence-corrected chi connectivity index (χ0v) is 43.2. The highest BCUT2D eigenvalue weighted by molar-refractivity contribution is 7.47. The van der Waals surface area contributed by atoms with Crippen molar-refractivity contribution in [1.29, 1.82) is 0 Å². The Hall–Kier alpha value is -1.28. The summed E-state index contributed by atoms with van der Waals surface area (Å²) in [5.41, 5.74) is 5.40. The third kappa shape index (κ3) is 51.7. The van der Waals surface area contributed by atoms with Crippen LogP contribution in [0.3, 0.4) is 0 Å². The summed E-state index contributed by atoms with van der Waals surface area (Å²) < 4.78 is 33.6. The molecular formula is C55H106NO7P. The monoisotopic (exact) mass is 924 g/mol. The van der Waals surface area contributed by atoms with E-state index in [0.29, 0.717) is 13.0 Å². The van der Waals surface area contributed by atoms with Crippen LogP contribution in [-0.4, -0.2) is 49.9 Å². The van der Waals surface area contributed by atoms with Gasteiger partial charge in [-0.15, -0.1) is 0 Å². The number of phosphoric ester groups is 1. The molecule has 0 aliphatic heterocycles. The van der Waals surface area contributed by atoms with Gasteiger partial charge in [-0.3, -0.25) is 13.8 Å². The van der Waals surface area contributed by atoms with E-state index in [0.717, 1.165) is 51.4 Å². The van der Waals surface area contributed by atoms with Gasteiger partial charge in [0.05, 0.1) is 19.8 Å². The molecule has 0 bridgehead atoms. The molecule has 0 saturated heterocycles. The Bertz CT molecular complexity index is 1080. The van der Waals surface area contributed by atoms with Crippen molar-refractivity contribution in [2.45, 2.75) is 277 Å². The maximum atomic E-state index is 12.7. The zero-order chi connectivity index (χ0) is 46.5. The summed E-state index contributed by atoms with van der Waals surface area (Å²) in [7, 11) is -4.29. The van der Waals surface area contributed by atoms with Gasteiger partial charge in [-0.25, -0.2) is 4.57 Å². The van der Waals surface area contributed by atoms with E-state index in [2.05, 4.69) is 50.3 Å². The Morgan fingerprint density at radius 3 is 1.27 bits per heavy atom. The molecular weight excluding hydrogens is 818 g/mol. The number of carbonyl (C=O) groups excluding carboxylic acids is 1. The van der Waals surface area contributed by atoms with Crippen molar-refractivity contribution in [2.24, 2.45) is 5.73 Å². The van der Waals surface area contributed by atoms with Crippen molar-refractivity contribution < 1.29 is 32.8 Å². The van der Waals surface area contributed by atoms with Gasteiger partial charge in [0.25, 0.3) is 0 Å². The molecule has 0 aliphatic carbocycles. The van der Waals surface area contributed by atoms with E-state index in [1.807, 2.05) is 0 Å². The molecule has 0 saturated carbocycles. The minimum atomic E-state index is -4.29.